The number of benzene rings is 1. The Morgan fingerprint density at radius 1 is 1.16 bits per heavy atom. The van der Waals surface area contributed by atoms with E-state index in [4.69, 9.17) is 4.74 Å². The molecule has 0 aliphatic rings. The molecular weight excluding hydrogens is 327 g/mol. The second kappa shape index (κ2) is 8.39. The molecule has 0 radical (unpaired) electrons. The van der Waals surface area contributed by atoms with Crippen LogP contribution in [-0.2, 0) is 4.74 Å². The topological polar surface area (TPSA) is 30.5 Å². The Balaban J connectivity index is 1.97. The summed E-state index contributed by atoms with van der Waals surface area (Å²) in [6, 6.07) is 7.42. The van der Waals surface area contributed by atoms with Crippen LogP contribution >= 0.6 is 15.9 Å². The van der Waals surface area contributed by atoms with Crippen LogP contribution in [0.3, 0.4) is 0 Å². The maximum absolute atomic E-state index is 11.7. The quantitative estimate of drug-likeness (QED) is 0.737. The third-order valence-electron chi connectivity index (χ3n) is 2.03. The van der Waals surface area contributed by atoms with Crippen LogP contribution in [-0.4, -0.2) is 39.1 Å². The number of rotatable bonds is 8. The highest BCUT2D eigenvalue weighted by molar-refractivity contribution is 9.10. The van der Waals surface area contributed by atoms with Crippen LogP contribution in [0.25, 0.3) is 0 Å². The molecule has 0 saturated heterocycles. The summed E-state index contributed by atoms with van der Waals surface area (Å²) in [4.78, 5) is 0. The van der Waals surface area contributed by atoms with Crippen LogP contribution in [0.5, 0.6) is 5.75 Å². The van der Waals surface area contributed by atoms with Crippen LogP contribution in [0.2, 0.25) is 0 Å². The number of ether oxygens (including phenoxy) is 2. The first-order valence-electron chi connectivity index (χ1n) is 5.71. The minimum absolute atomic E-state index is 0.0242. The van der Waals surface area contributed by atoms with E-state index in [0.717, 1.165) is 10.2 Å². The second-order valence-corrected chi connectivity index (χ2v) is 4.64. The molecule has 1 aromatic carbocycles. The Bertz CT molecular complexity index is 374. The third-order valence-corrected chi connectivity index (χ3v) is 2.53. The van der Waals surface area contributed by atoms with Gasteiger partial charge in [-0.1, -0.05) is 22.0 Å². The van der Waals surface area contributed by atoms with Crippen LogP contribution < -0.4 is 10.1 Å². The van der Waals surface area contributed by atoms with Crippen molar-refractivity contribution in [2.45, 2.75) is 6.18 Å². The molecule has 0 fully saturated rings. The average molecular weight is 342 g/mol. The maximum Gasteiger partial charge on any atom is 0.411 e. The van der Waals surface area contributed by atoms with Gasteiger partial charge in [-0.3, -0.25) is 0 Å². The van der Waals surface area contributed by atoms with Gasteiger partial charge in [0, 0.05) is 17.6 Å². The van der Waals surface area contributed by atoms with Crippen molar-refractivity contribution in [1.82, 2.24) is 5.32 Å². The zero-order valence-electron chi connectivity index (χ0n) is 10.2. The molecular formula is C12H15BrF3NO2. The molecule has 1 N–H and O–H groups in total. The average Bonchev–Trinajstić information content (AvgIpc) is 2.31. The highest BCUT2D eigenvalue weighted by Gasteiger charge is 2.27. The summed E-state index contributed by atoms with van der Waals surface area (Å²) in [5.74, 6) is 0.740. The second-order valence-electron chi connectivity index (χ2n) is 3.72. The lowest BCUT2D eigenvalue weighted by Gasteiger charge is -2.09. The summed E-state index contributed by atoms with van der Waals surface area (Å²) in [7, 11) is 0. The first-order valence-corrected chi connectivity index (χ1v) is 6.50. The lowest BCUT2D eigenvalue weighted by Crippen LogP contribution is -2.27. The minimum Gasteiger partial charge on any atom is -0.492 e. The van der Waals surface area contributed by atoms with Gasteiger partial charge in [-0.15, -0.1) is 0 Å². The van der Waals surface area contributed by atoms with Crippen molar-refractivity contribution >= 4 is 15.9 Å². The number of nitrogens with one attached hydrogen (secondary N) is 1. The van der Waals surface area contributed by atoms with Crippen LogP contribution in [0, 0.1) is 0 Å². The van der Waals surface area contributed by atoms with Crippen molar-refractivity contribution in [3.63, 3.8) is 0 Å². The lowest BCUT2D eigenvalue weighted by molar-refractivity contribution is -0.173. The van der Waals surface area contributed by atoms with Gasteiger partial charge in [0.1, 0.15) is 19.0 Å². The largest absolute Gasteiger partial charge is 0.492 e. The molecule has 0 saturated carbocycles. The third kappa shape index (κ3) is 8.85. The van der Waals surface area contributed by atoms with Gasteiger partial charge in [-0.05, 0) is 18.2 Å². The van der Waals surface area contributed by atoms with Gasteiger partial charge in [0.25, 0.3) is 0 Å². The van der Waals surface area contributed by atoms with E-state index < -0.39 is 12.8 Å². The van der Waals surface area contributed by atoms with E-state index in [1.165, 1.54) is 0 Å². The van der Waals surface area contributed by atoms with Gasteiger partial charge >= 0.3 is 6.18 Å². The van der Waals surface area contributed by atoms with Gasteiger partial charge in [-0.2, -0.15) is 13.2 Å². The fraction of sp³-hybridized carbons (Fsp3) is 0.500. The molecule has 0 bridgehead atoms. The highest BCUT2D eigenvalue weighted by Crippen LogP contribution is 2.17. The van der Waals surface area contributed by atoms with E-state index >= 15 is 0 Å². The molecule has 0 aliphatic heterocycles. The van der Waals surface area contributed by atoms with Crippen LogP contribution in [0.15, 0.2) is 28.7 Å². The minimum atomic E-state index is -4.26. The van der Waals surface area contributed by atoms with Crippen LogP contribution in [0.4, 0.5) is 13.2 Å². The number of hydrogen-bond acceptors (Lipinski definition) is 3. The fourth-order valence-electron chi connectivity index (χ4n) is 1.26. The lowest BCUT2D eigenvalue weighted by atomic mass is 10.3. The summed E-state index contributed by atoms with van der Waals surface area (Å²) < 4.78 is 46.0. The molecule has 0 atom stereocenters. The van der Waals surface area contributed by atoms with Crippen molar-refractivity contribution in [1.29, 1.82) is 0 Å². The van der Waals surface area contributed by atoms with E-state index in [1.807, 2.05) is 24.3 Å². The Hall–Kier alpha value is -0.790. The Morgan fingerprint density at radius 2 is 1.89 bits per heavy atom. The molecule has 1 rings (SSSR count). The van der Waals surface area contributed by atoms with Gasteiger partial charge in [0.2, 0.25) is 0 Å². The molecule has 19 heavy (non-hydrogen) atoms. The normalized spacial score (nSPS) is 11.6. The summed E-state index contributed by atoms with van der Waals surface area (Å²) in [6.45, 7) is 0.162. The molecule has 108 valence electrons. The van der Waals surface area contributed by atoms with Crippen LogP contribution in [0.1, 0.15) is 0 Å². The van der Waals surface area contributed by atoms with Crippen molar-refractivity contribution in [2.24, 2.45) is 0 Å². The molecule has 0 spiro atoms. The summed E-state index contributed by atoms with van der Waals surface area (Å²) in [5, 5.41) is 2.93. The molecule has 0 amide bonds. The van der Waals surface area contributed by atoms with Crippen molar-refractivity contribution in [3.8, 4) is 5.75 Å². The SMILES string of the molecule is FC(F)(F)COCCNCCOc1cccc(Br)c1. The van der Waals surface area contributed by atoms with Gasteiger partial charge < -0.3 is 14.8 Å². The Labute approximate surface area is 118 Å². The first-order chi connectivity index (χ1) is 8.97. The van der Waals surface area contributed by atoms with E-state index in [1.54, 1.807) is 0 Å². The zero-order chi connectivity index (χ0) is 14.1. The molecule has 0 aromatic heterocycles. The van der Waals surface area contributed by atoms with E-state index in [0.29, 0.717) is 19.7 Å². The highest BCUT2D eigenvalue weighted by atomic mass is 79.9. The standard InChI is InChI=1S/C12H15BrF3NO2/c13-10-2-1-3-11(8-10)19-7-5-17-4-6-18-9-12(14,15)16/h1-3,8,17H,4-7,9H2. The smallest absolute Gasteiger partial charge is 0.411 e. The summed E-state index contributed by atoms with van der Waals surface area (Å²) in [6.07, 6.45) is -4.26. The van der Waals surface area contributed by atoms with E-state index in [2.05, 4.69) is 26.0 Å². The summed E-state index contributed by atoms with van der Waals surface area (Å²) in [5.41, 5.74) is 0. The van der Waals surface area contributed by atoms with E-state index in [-0.39, 0.29) is 6.61 Å². The van der Waals surface area contributed by atoms with Crippen molar-refractivity contribution in [3.05, 3.63) is 28.7 Å². The Kier molecular flexibility index (Phi) is 7.19. The zero-order valence-corrected chi connectivity index (χ0v) is 11.8. The molecule has 1 aromatic rings. The molecule has 0 aliphatic carbocycles. The molecule has 7 heteroatoms. The number of hydrogen-bond donors (Lipinski definition) is 1. The van der Waals surface area contributed by atoms with Gasteiger partial charge in [0.15, 0.2) is 0 Å². The molecule has 0 heterocycles. The fourth-order valence-corrected chi connectivity index (χ4v) is 1.63. The molecule has 3 nitrogen and oxygen atoms in total. The van der Waals surface area contributed by atoms with Crippen molar-refractivity contribution < 1.29 is 22.6 Å². The van der Waals surface area contributed by atoms with E-state index in [9.17, 15) is 13.2 Å². The van der Waals surface area contributed by atoms with Crippen molar-refractivity contribution in [2.75, 3.05) is 32.9 Å². The summed E-state index contributed by atoms with van der Waals surface area (Å²) >= 11 is 3.33. The first kappa shape index (κ1) is 16.3. The van der Waals surface area contributed by atoms with Gasteiger partial charge in [-0.25, -0.2) is 0 Å². The monoisotopic (exact) mass is 341 g/mol. The van der Waals surface area contributed by atoms with Gasteiger partial charge in [0.05, 0.1) is 6.61 Å². The Morgan fingerprint density at radius 3 is 2.58 bits per heavy atom. The molecule has 0 unspecified atom stereocenters. The maximum atomic E-state index is 11.7. The predicted octanol–water partition coefficient (Wildman–Crippen LogP) is 3.00. The predicted molar refractivity (Wildman–Crippen MR) is 69.4 cm³/mol. The number of halogens is 4. The number of alkyl halides is 3.